The van der Waals surface area contributed by atoms with Crippen LogP contribution >= 0.6 is 11.6 Å². The minimum atomic E-state index is 0.596. The lowest BCUT2D eigenvalue weighted by Gasteiger charge is -2.32. The molecule has 2 atom stereocenters. The zero-order valence-electron chi connectivity index (χ0n) is 10.8. The number of benzene rings is 1. The van der Waals surface area contributed by atoms with E-state index < -0.39 is 0 Å². The fourth-order valence-corrected chi connectivity index (χ4v) is 3.04. The van der Waals surface area contributed by atoms with Crippen LogP contribution in [0.15, 0.2) is 12.1 Å². The summed E-state index contributed by atoms with van der Waals surface area (Å²) < 4.78 is 0. The molecule has 1 saturated heterocycles. The molecule has 94 valence electrons. The number of hydrogen-bond acceptors (Lipinski definition) is 2. The molecule has 0 saturated carbocycles. The number of nitrogen functional groups attached to an aromatic ring is 1. The molecule has 0 aromatic heterocycles. The van der Waals surface area contributed by atoms with Crippen LogP contribution in [0, 0.1) is 6.92 Å². The van der Waals surface area contributed by atoms with E-state index >= 15 is 0 Å². The summed E-state index contributed by atoms with van der Waals surface area (Å²) in [7, 11) is 0. The molecule has 1 heterocycles. The topological polar surface area (TPSA) is 29.3 Å². The fraction of sp³-hybridized carbons (Fsp3) is 0.571. The number of hydrogen-bond donors (Lipinski definition) is 1. The molecule has 1 aliphatic heterocycles. The minimum absolute atomic E-state index is 0.596. The Kier molecular flexibility index (Phi) is 3.53. The highest BCUT2D eigenvalue weighted by molar-refractivity contribution is 6.33. The molecule has 1 fully saturated rings. The maximum Gasteiger partial charge on any atom is 0.0656 e. The van der Waals surface area contributed by atoms with Crippen LogP contribution in [0.3, 0.4) is 0 Å². The number of nitrogens with two attached hydrogens (primary N) is 1. The van der Waals surface area contributed by atoms with Gasteiger partial charge in [0.2, 0.25) is 0 Å². The Morgan fingerprint density at radius 2 is 2.12 bits per heavy atom. The van der Waals surface area contributed by atoms with Crippen LogP contribution in [0.25, 0.3) is 0 Å². The summed E-state index contributed by atoms with van der Waals surface area (Å²) in [5, 5.41) is 0.666. The predicted molar refractivity (Wildman–Crippen MR) is 75.9 cm³/mol. The summed E-state index contributed by atoms with van der Waals surface area (Å²) in [6.45, 7) is 6.66. The molecule has 3 heteroatoms. The van der Waals surface area contributed by atoms with Crippen molar-refractivity contribution in [1.82, 2.24) is 0 Å². The van der Waals surface area contributed by atoms with Gasteiger partial charge in [0.25, 0.3) is 0 Å². The van der Waals surface area contributed by atoms with Gasteiger partial charge in [-0.2, -0.15) is 0 Å². The summed E-state index contributed by atoms with van der Waals surface area (Å²) in [6, 6.07) is 5.24. The predicted octanol–water partition coefficient (Wildman–Crippen LogP) is 4.00. The van der Waals surface area contributed by atoms with E-state index in [0.717, 1.165) is 0 Å². The first-order valence-electron chi connectivity index (χ1n) is 6.38. The monoisotopic (exact) mass is 252 g/mol. The van der Waals surface area contributed by atoms with Crippen molar-refractivity contribution in [2.45, 2.75) is 52.1 Å². The van der Waals surface area contributed by atoms with Gasteiger partial charge in [-0.3, -0.25) is 0 Å². The second kappa shape index (κ2) is 4.77. The van der Waals surface area contributed by atoms with Crippen molar-refractivity contribution in [3.05, 3.63) is 22.7 Å². The van der Waals surface area contributed by atoms with Crippen LogP contribution in [-0.4, -0.2) is 12.1 Å². The van der Waals surface area contributed by atoms with E-state index in [-0.39, 0.29) is 0 Å². The van der Waals surface area contributed by atoms with E-state index in [1.165, 1.54) is 30.5 Å². The van der Waals surface area contributed by atoms with E-state index in [9.17, 15) is 0 Å². The Bertz CT molecular complexity index is 417. The molecule has 2 rings (SSSR count). The first-order valence-corrected chi connectivity index (χ1v) is 6.76. The first-order chi connectivity index (χ1) is 8.04. The van der Waals surface area contributed by atoms with E-state index in [0.29, 0.717) is 22.8 Å². The zero-order chi connectivity index (χ0) is 12.6. The quantitative estimate of drug-likeness (QED) is 0.807. The van der Waals surface area contributed by atoms with Crippen LogP contribution in [0.1, 0.15) is 38.7 Å². The SMILES string of the molecule is CCC1CCC(C)N1c1cc(Cl)c(N)cc1C. The number of nitrogens with zero attached hydrogens (tertiary/aromatic N) is 1. The molecule has 2 N–H and O–H groups in total. The van der Waals surface area contributed by atoms with Crippen molar-refractivity contribution in [2.75, 3.05) is 10.6 Å². The van der Waals surface area contributed by atoms with Gasteiger partial charge in [-0.25, -0.2) is 0 Å². The Labute approximate surface area is 109 Å². The summed E-state index contributed by atoms with van der Waals surface area (Å²) in [4.78, 5) is 2.51. The molecular weight excluding hydrogens is 232 g/mol. The van der Waals surface area contributed by atoms with Crippen molar-refractivity contribution in [3.8, 4) is 0 Å². The smallest absolute Gasteiger partial charge is 0.0656 e. The van der Waals surface area contributed by atoms with E-state index in [2.05, 4.69) is 25.7 Å². The number of anilines is 2. The zero-order valence-corrected chi connectivity index (χ0v) is 11.6. The Morgan fingerprint density at radius 1 is 1.41 bits per heavy atom. The van der Waals surface area contributed by atoms with Gasteiger partial charge in [-0.05, 0) is 50.8 Å². The maximum atomic E-state index is 6.15. The third kappa shape index (κ3) is 2.23. The van der Waals surface area contributed by atoms with Crippen LogP contribution < -0.4 is 10.6 Å². The lowest BCUT2D eigenvalue weighted by molar-refractivity contribution is 0.627. The van der Waals surface area contributed by atoms with Crippen molar-refractivity contribution in [1.29, 1.82) is 0 Å². The summed E-state index contributed by atoms with van der Waals surface area (Å²) in [6.07, 6.45) is 3.73. The van der Waals surface area contributed by atoms with Gasteiger partial charge in [-0.1, -0.05) is 18.5 Å². The fourth-order valence-electron chi connectivity index (χ4n) is 2.88. The molecule has 2 unspecified atom stereocenters. The molecule has 0 spiro atoms. The van der Waals surface area contributed by atoms with Gasteiger partial charge in [0.05, 0.1) is 10.7 Å². The van der Waals surface area contributed by atoms with Gasteiger partial charge >= 0.3 is 0 Å². The standard InChI is InChI=1S/C14H21ClN2/c1-4-11-6-5-10(3)17(11)14-8-12(15)13(16)7-9(14)2/h7-8,10-11H,4-6,16H2,1-3H3. The normalized spacial score (nSPS) is 24.4. The van der Waals surface area contributed by atoms with Gasteiger partial charge < -0.3 is 10.6 Å². The highest BCUT2D eigenvalue weighted by Gasteiger charge is 2.30. The van der Waals surface area contributed by atoms with Crippen LogP contribution in [-0.2, 0) is 0 Å². The summed E-state index contributed by atoms with van der Waals surface area (Å²) in [5.41, 5.74) is 8.99. The van der Waals surface area contributed by atoms with Crippen molar-refractivity contribution in [2.24, 2.45) is 0 Å². The molecule has 0 aliphatic carbocycles. The van der Waals surface area contributed by atoms with E-state index in [1.807, 2.05) is 12.1 Å². The first kappa shape index (κ1) is 12.6. The highest BCUT2D eigenvalue weighted by Crippen LogP contribution is 2.37. The van der Waals surface area contributed by atoms with Crippen molar-refractivity contribution in [3.63, 3.8) is 0 Å². The van der Waals surface area contributed by atoms with Gasteiger partial charge in [0.1, 0.15) is 0 Å². The maximum absolute atomic E-state index is 6.15. The molecular formula is C14H21ClN2. The number of aryl methyl sites for hydroxylation is 1. The Hall–Kier alpha value is -0.890. The van der Waals surface area contributed by atoms with Crippen LogP contribution in [0.2, 0.25) is 5.02 Å². The third-order valence-corrected chi connectivity index (χ3v) is 4.18. The lowest BCUT2D eigenvalue weighted by Crippen LogP contribution is -2.34. The van der Waals surface area contributed by atoms with E-state index in [1.54, 1.807) is 0 Å². The number of rotatable bonds is 2. The second-order valence-electron chi connectivity index (χ2n) is 5.06. The average Bonchev–Trinajstić information content (AvgIpc) is 2.65. The molecule has 0 radical (unpaired) electrons. The van der Waals surface area contributed by atoms with Crippen molar-refractivity contribution < 1.29 is 0 Å². The molecule has 1 aromatic rings. The van der Waals surface area contributed by atoms with Crippen molar-refractivity contribution >= 4 is 23.0 Å². The van der Waals surface area contributed by atoms with Gasteiger partial charge in [0.15, 0.2) is 0 Å². The Morgan fingerprint density at radius 3 is 2.76 bits per heavy atom. The Balaban J connectivity index is 2.42. The molecule has 17 heavy (non-hydrogen) atoms. The molecule has 1 aliphatic rings. The summed E-state index contributed by atoms with van der Waals surface area (Å²) >= 11 is 6.15. The van der Waals surface area contributed by atoms with Crippen LogP contribution in [0.4, 0.5) is 11.4 Å². The lowest BCUT2D eigenvalue weighted by atomic mass is 10.1. The second-order valence-corrected chi connectivity index (χ2v) is 5.46. The molecule has 0 amide bonds. The third-order valence-electron chi connectivity index (χ3n) is 3.85. The van der Waals surface area contributed by atoms with Crippen LogP contribution in [0.5, 0.6) is 0 Å². The van der Waals surface area contributed by atoms with Gasteiger partial charge in [-0.15, -0.1) is 0 Å². The molecule has 0 bridgehead atoms. The van der Waals surface area contributed by atoms with Gasteiger partial charge in [0, 0.05) is 17.8 Å². The average molecular weight is 253 g/mol. The van der Waals surface area contributed by atoms with E-state index in [4.69, 9.17) is 17.3 Å². The molecule has 2 nitrogen and oxygen atoms in total. The number of halogens is 1. The minimum Gasteiger partial charge on any atom is -0.398 e. The summed E-state index contributed by atoms with van der Waals surface area (Å²) in [5.74, 6) is 0. The highest BCUT2D eigenvalue weighted by atomic mass is 35.5. The molecule has 1 aromatic carbocycles. The largest absolute Gasteiger partial charge is 0.398 e.